The van der Waals surface area contributed by atoms with E-state index in [1.54, 1.807) is 0 Å². The van der Waals surface area contributed by atoms with E-state index in [4.69, 9.17) is 17.3 Å². The molecule has 0 bridgehead atoms. The van der Waals surface area contributed by atoms with Gasteiger partial charge in [0.05, 0.1) is 10.7 Å². The highest BCUT2D eigenvalue weighted by molar-refractivity contribution is 6.31. The number of hydrogen-bond acceptors (Lipinski definition) is 3. The van der Waals surface area contributed by atoms with Gasteiger partial charge in [0.1, 0.15) is 5.82 Å². The topological polar surface area (TPSA) is 42.1 Å². The van der Waals surface area contributed by atoms with E-state index >= 15 is 0 Å². The molecule has 0 amide bonds. The average Bonchev–Trinajstić information content (AvgIpc) is 2.39. The van der Waals surface area contributed by atoms with Crippen molar-refractivity contribution in [2.45, 2.75) is 47.1 Å². The Balaban J connectivity index is 2.84. The summed E-state index contributed by atoms with van der Waals surface area (Å²) >= 11 is 6.10. The zero-order chi connectivity index (χ0) is 15.1. The number of pyridine rings is 1. The third-order valence-electron chi connectivity index (χ3n) is 3.37. The number of aromatic nitrogens is 1. The fourth-order valence-corrected chi connectivity index (χ4v) is 2.14. The van der Waals surface area contributed by atoms with Gasteiger partial charge in [0.15, 0.2) is 0 Å². The molecule has 4 heteroatoms. The van der Waals surface area contributed by atoms with Crippen molar-refractivity contribution in [1.82, 2.24) is 4.98 Å². The van der Waals surface area contributed by atoms with Gasteiger partial charge in [0, 0.05) is 19.6 Å². The number of rotatable bonds is 8. The second kappa shape index (κ2) is 8.48. The zero-order valence-corrected chi connectivity index (χ0v) is 14.0. The van der Waals surface area contributed by atoms with Crippen LogP contribution in [0.4, 0.5) is 5.82 Å². The zero-order valence-electron chi connectivity index (χ0n) is 13.2. The fraction of sp³-hybridized carbons (Fsp3) is 0.688. The van der Waals surface area contributed by atoms with Gasteiger partial charge in [0.2, 0.25) is 0 Å². The number of hydrogen-bond donors (Lipinski definition) is 1. The van der Waals surface area contributed by atoms with Gasteiger partial charge in [-0.1, -0.05) is 39.3 Å². The molecule has 0 saturated carbocycles. The van der Waals surface area contributed by atoms with Crippen LogP contribution in [-0.4, -0.2) is 18.1 Å². The van der Waals surface area contributed by atoms with Crippen LogP contribution in [0.25, 0.3) is 0 Å². The summed E-state index contributed by atoms with van der Waals surface area (Å²) in [5.74, 6) is 2.38. The van der Waals surface area contributed by atoms with Crippen LogP contribution in [0, 0.1) is 11.8 Å². The van der Waals surface area contributed by atoms with Crippen LogP contribution in [0.2, 0.25) is 5.02 Å². The largest absolute Gasteiger partial charge is 0.357 e. The third-order valence-corrected chi connectivity index (χ3v) is 3.72. The summed E-state index contributed by atoms with van der Waals surface area (Å²) in [7, 11) is 0. The van der Waals surface area contributed by atoms with Crippen LogP contribution in [0.15, 0.2) is 12.1 Å². The average molecular weight is 298 g/mol. The lowest BCUT2D eigenvalue weighted by Crippen LogP contribution is -2.28. The predicted octanol–water partition coefficient (Wildman–Crippen LogP) is 4.09. The highest BCUT2D eigenvalue weighted by atomic mass is 35.5. The molecule has 1 rings (SSSR count). The Morgan fingerprint density at radius 1 is 1.10 bits per heavy atom. The molecule has 0 spiro atoms. The monoisotopic (exact) mass is 297 g/mol. The summed E-state index contributed by atoms with van der Waals surface area (Å²) in [6, 6.07) is 3.91. The molecule has 0 atom stereocenters. The molecule has 114 valence electrons. The van der Waals surface area contributed by atoms with Crippen molar-refractivity contribution < 1.29 is 0 Å². The van der Waals surface area contributed by atoms with Gasteiger partial charge in [0.25, 0.3) is 0 Å². The fourth-order valence-electron chi connectivity index (χ4n) is 1.96. The minimum absolute atomic E-state index is 0.384. The number of nitrogens with zero attached hydrogens (tertiary/aromatic N) is 2. The van der Waals surface area contributed by atoms with E-state index < -0.39 is 0 Å². The summed E-state index contributed by atoms with van der Waals surface area (Å²) in [5.41, 5.74) is 6.48. The number of halogens is 1. The highest BCUT2D eigenvalue weighted by Gasteiger charge is 2.11. The Morgan fingerprint density at radius 3 is 2.10 bits per heavy atom. The minimum atomic E-state index is 0.384. The Morgan fingerprint density at radius 2 is 1.65 bits per heavy atom. The van der Waals surface area contributed by atoms with Gasteiger partial charge in [-0.2, -0.15) is 0 Å². The molecule has 0 aliphatic heterocycles. The normalized spacial score (nSPS) is 11.4. The van der Waals surface area contributed by atoms with Gasteiger partial charge in [-0.25, -0.2) is 4.98 Å². The lowest BCUT2D eigenvalue weighted by atomic mass is 10.1. The van der Waals surface area contributed by atoms with E-state index in [0.717, 1.165) is 24.6 Å². The molecule has 1 aromatic rings. The molecule has 1 aromatic heterocycles. The predicted molar refractivity (Wildman–Crippen MR) is 88.3 cm³/mol. The Hall–Kier alpha value is -0.800. The van der Waals surface area contributed by atoms with Crippen LogP contribution in [0.5, 0.6) is 0 Å². The van der Waals surface area contributed by atoms with Gasteiger partial charge in [-0.3, -0.25) is 0 Å². The summed E-state index contributed by atoms with van der Waals surface area (Å²) in [4.78, 5) is 6.97. The van der Waals surface area contributed by atoms with Crippen LogP contribution >= 0.6 is 11.6 Å². The lowest BCUT2D eigenvalue weighted by Gasteiger charge is -2.26. The van der Waals surface area contributed by atoms with Crippen molar-refractivity contribution >= 4 is 17.4 Å². The molecule has 3 nitrogen and oxygen atoms in total. The first-order chi connectivity index (χ1) is 9.43. The molecule has 0 unspecified atom stereocenters. The maximum Gasteiger partial charge on any atom is 0.128 e. The quantitative estimate of drug-likeness (QED) is 0.786. The van der Waals surface area contributed by atoms with E-state index in [-0.39, 0.29) is 0 Å². The van der Waals surface area contributed by atoms with Crippen LogP contribution < -0.4 is 10.6 Å². The molecule has 2 N–H and O–H groups in total. The van der Waals surface area contributed by atoms with Crippen LogP contribution in [-0.2, 0) is 6.54 Å². The Labute approximate surface area is 128 Å². The van der Waals surface area contributed by atoms with E-state index in [1.807, 2.05) is 12.1 Å². The molecule has 0 aliphatic rings. The maximum absolute atomic E-state index is 6.10. The number of anilines is 1. The van der Waals surface area contributed by atoms with Crippen molar-refractivity contribution in [2.24, 2.45) is 17.6 Å². The van der Waals surface area contributed by atoms with E-state index in [2.05, 4.69) is 37.6 Å². The summed E-state index contributed by atoms with van der Waals surface area (Å²) in [5, 5.41) is 0.656. The van der Waals surface area contributed by atoms with Crippen molar-refractivity contribution in [3.63, 3.8) is 0 Å². The molecule has 20 heavy (non-hydrogen) atoms. The second-order valence-electron chi connectivity index (χ2n) is 6.15. The summed E-state index contributed by atoms with van der Waals surface area (Å²) in [6.45, 7) is 11.5. The molecule has 0 saturated heterocycles. The summed E-state index contributed by atoms with van der Waals surface area (Å²) in [6.07, 6.45) is 2.33. The number of nitrogens with two attached hydrogens (primary N) is 1. The molecular weight excluding hydrogens is 270 g/mol. The maximum atomic E-state index is 6.10. The molecular formula is C16H28ClN3. The second-order valence-corrected chi connectivity index (χ2v) is 6.56. The van der Waals surface area contributed by atoms with Crippen LogP contribution in [0.3, 0.4) is 0 Å². The van der Waals surface area contributed by atoms with Gasteiger partial charge in [-0.15, -0.1) is 0 Å². The van der Waals surface area contributed by atoms with E-state index in [1.165, 1.54) is 12.8 Å². The first-order valence-corrected chi connectivity index (χ1v) is 7.92. The van der Waals surface area contributed by atoms with Crippen molar-refractivity contribution in [1.29, 1.82) is 0 Å². The van der Waals surface area contributed by atoms with Crippen LogP contribution in [0.1, 0.15) is 46.2 Å². The third kappa shape index (κ3) is 5.68. The standard InChI is InChI=1S/C16H28ClN3/c1-12(2)7-9-20(10-8-13(3)4)16-6-5-14(17)15(11-18)19-16/h5-6,12-13H,7-11,18H2,1-4H3. The van der Waals surface area contributed by atoms with E-state index in [9.17, 15) is 0 Å². The van der Waals surface area contributed by atoms with Gasteiger partial charge < -0.3 is 10.6 Å². The van der Waals surface area contributed by atoms with Crippen molar-refractivity contribution in [2.75, 3.05) is 18.0 Å². The Kier molecular flexibility index (Phi) is 7.31. The van der Waals surface area contributed by atoms with Crippen molar-refractivity contribution in [3.05, 3.63) is 22.8 Å². The van der Waals surface area contributed by atoms with Crippen molar-refractivity contribution in [3.8, 4) is 0 Å². The first kappa shape index (κ1) is 17.3. The molecule has 1 heterocycles. The molecule has 0 radical (unpaired) electrons. The SMILES string of the molecule is CC(C)CCN(CCC(C)C)c1ccc(Cl)c(CN)n1. The smallest absolute Gasteiger partial charge is 0.128 e. The van der Waals surface area contributed by atoms with Gasteiger partial charge >= 0.3 is 0 Å². The summed E-state index contributed by atoms with van der Waals surface area (Å²) < 4.78 is 0. The molecule has 0 fully saturated rings. The molecule has 0 aromatic carbocycles. The van der Waals surface area contributed by atoms with E-state index in [0.29, 0.717) is 23.4 Å². The van der Waals surface area contributed by atoms with Gasteiger partial charge in [-0.05, 0) is 36.8 Å². The minimum Gasteiger partial charge on any atom is -0.357 e. The highest BCUT2D eigenvalue weighted by Crippen LogP contribution is 2.20. The lowest BCUT2D eigenvalue weighted by molar-refractivity contribution is 0.532. The molecule has 0 aliphatic carbocycles. The first-order valence-electron chi connectivity index (χ1n) is 7.54. The Bertz CT molecular complexity index is 393.